The van der Waals surface area contributed by atoms with Crippen molar-refractivity contribution in [3.63, 3.8) is 0 Å². The highest BCUT2D eigenvalue weighted by molar-refractivity contribution is 7.89. The minimum atomic E-state index is -3.78. The molecular formula is C13H14ClN3O3S. The van der Waals surface area contributed by atoms with Crippen molar-refractivity contribution in [3.8, 4) is 0 Å². The van der Waals surface area contributed by atoms with Crippen LogP contribution in [0.4, 0.5) is 5.82 Å². The monoisotopic (exact) mass is 327 g/mol. The molecule has 1 atom stereocenters. The van der Waals surface area contributed by atoms with Gasteiger partial charge in [0.2, 0.25) is 10.0 Å². The molecular weight excluding hydrogens is 314 g/mol. The van der Waals surface area contributed by atoms with Crippen LogP contribution in [0.15, 0.2) is 27.6 Å². The fourth-order valence-corrected chi connectivity index (χ4v) is 4.32. The largest absolute Gasteiger partial charge is 0.380 e. The van der Waals surface area contributed by atoms with Gasteiger partial charge in [-0.05, 0) is 43.0 Å². The molecule has 3 rings (SSSR count). The fourth-order valence-electron chi connectivity index (χ4n) is 2.66. The summed E-state index contributed by atoms with van der Waals surface area (Å²) in [5.74, 6) is 0.0450. The molecule has 8 heteroatoms. The first-order valence-corrected chi connectivity index (χ1v) is 8.27. The van der Waals surface area contributed by atoms with Crippen molar-refractivity contribution in [1.82, 2.24) is 9.88 Å². The van der Waals surface area contributed by atoms with Gasteiger partial charge in [0.25, 0.3) is 0 Å². The number of aromatic nitrogens is 1. The molecule has 3 N–H and O–H groups in total. The van der Waals surface area contributed by atoms with E-state index in [2.05, 4.69) is 9.88 Å². The molecule has 0 aliphatic heterocycles. The second-order valence-electron chi connectivity index (χ2n) is 5.01. The average molecular weight is 328 g/mol. The number of nitrogens with zero attached hydrogens (tertiary/aromatic N) is 1. The summed E-state index contributed by atoms with van der Waals surface area (Å²) < 4.78 is 32.4. The SMILES string of the molecule is Cc1onc(N)c1S(=O)(=O)N[C@H]1CCc2cc(Cl)ccc21. The van der Waals surface area contributed by atoms with Crippen LogP contribution in [0.25, 0.3) is 0 Å². The van der Waals surface area contributed by atoms with Crippen LogP contribution in [0.2, 0.25) is 5.02 Å². The number of anilines is 1. The molecule has 1 aliphatic rings. The van der Waals surface area contributed by atoms with E-state index in [1.807, 2.05) is 12.1 Å². The predicted octanol–water partition coefficient (Wildman–Crippen LogP) is 2.18. The summed E-state index contributed by atoms with van der Waals surface area (Å²) in [4.78, 5) is -0.0927. The summed E-state index contributed by atoms with van der Waals surface area (Å²) in [6, 6.07) is 5.17. The van der Waals surface area contributed by atoms with E-state index in [0.717, 1.165) is 17.5 Å². The summed E-state index contributed by atoms with van der Waals surface area (Å²) in [5, 5.41) is 4.13. The van der Waals surface area contributed by atoms with Gasteiger partial charge in [-0.1, -0.05) is 22.8 Å². The zero-order valence-corrected chi connectivity index (χ0v) is 12.8. The van der Waals surface area contributed by atoms with Gasteiger partial charge in [-0.2, -0.15) is 0 Å². The summed E-state index contributed by atoms with van der Waals surface area (Å²) in [5.41, 5.74) is 7.58. The molecule has 0 unspecified atom stereocenters. The van der Waals surface area contributed by atoms with E-state index in [-0.39, 0.29) is 22.5 Å². The molecule has 21 heavy (non-hydrogen) atoms. The van der Waals surface area contributed by atoms with Gasteiger partial charge in [0, 0.05) is 11.1 Å². The maximum Gasteiger partial charge on any atom is 0.248 e. The van der Waals surface area contributed by atoms with Crippen LogP contribution in [-0.2, 0) is 16.4 Å². The minimum absolute atomic E-state index is 0.0927. The van der Waals surface area contributed by atoms with Crippen LogP contribution in [0.1, 0.15) is 29.3 Å². The number of nitrogens with one attached hydrogen (secondary N) is 1. The zero-order chi connectivity index (χ0) is 15.2. The smallest absolute Gasteiger partial charge is 0.248 e. The normalized spacial score (nSPS) is 17.9. The molecule has 0 saturated heterocycles. The van der Waals surface area contributed by atoms with Gasteiger partial charge in [0.15, 0.2) is 16.5 Å². The van der Waals surface area contributed by atoms with Crippen LogP contribution in [0.3, 0.4) is 0 Å². The number of hydrogen-bond acceptors (Lipinski definition) is 5. The van der Waals surface area contributed by atoms with Crippen LogP contribution in [0, 0.1) is 6.92 Å². The van der Waals surface area contributed by atoms with Crippen molar-refractivity contribution in [1.29, 1.82) is 0 Å². The third-order valence-corrected chi connectivity index (χ3v) is 5.45. The minimum Gasteiger partial charge on any atom is -0.380 e. The molecule has 6 nitrogen and oxygen atoms in total. The molecule has 2 aromatic rings. The molecule has 1 heterocycles. The number of nitrogens with two attached hydrogens (primary N) is 1. The number of rotatable bonds is 3. The van der Waals surface area contributed by atoms with Gasteiger partial charge in [-0.25, -0.2) is 13.1 Å². The van der Waals surface area contributed by atoms with Crippen molar-refractivity contribution < 1.29 is 12.9 Å². The Morgan fingerprint density at radius 3 is 2.90 bits per heavy atom. The quantitative estimate of drug-likeness (QED) is 0.900. The molecule has 0 fully saturated rings. The number of aryl methyl sites for hydroxylation is 2. The van der Waals surface area contributed by atoms with Crippen molar-refractivity contribution in [3.05, 3.63) is 40.1 Å². The molecule has 1 aliphatic carbocycles. The van der Waals surface area contributed by atoms with Gasteiger partial charge in [0.05, 0.1) is 0 Å². The first-order valence-electron chi connectivity index (χ1n) is 6.41. The number of nitrogen functional groups attached to an aromatic ring is 1. The molecule has 0 bridgehead atoms. The van der Waals surface area contributed by atoms with Gasteiger partial charge < -0.3 is 10.3 Å². The van der Waals surface area contributed by atoms with Gasteiger partial charge >= 0.3 is 0 Å². The maximum atomic E-state index is 12.5. The Bertz CT molecular complexity index is 781. The highest BCUT2D eigenvalue weighted by atomic mass is 35.5. The van der Waals surface area contributed by atoms with E-state index >= 15 is 0 Å². The summed E-state index contributed by atoms with van der Waals surface area (Å²) in [7, 11) is -3.78. The second-order valence-corrected chi connectivity index (χ2v) is 7.10. The third-order valence-electron chi connectivity index (χ3n) is 3.58. The van der Waals surface area contributed by atoms with Gasteiger partial charge in [-0.15, -0.1) is 0 Å². The number of hydrogen-bond donors (Lipinski definition) is 2. The Morgan fingerprint density at radius 1 is 1.48 bits per heavy atom. The molecule has 0 spiro atoms. The Kier molecular flexibility index (Phi) is 3.43. The Balaban J connectivity index is 1.92. The van der Waals surface area contributed by atoms with Crippen LogP contribution < -0.4 is 10.5 Å². The highest BCUT2D eigenvalue weighted by Crippen LogP contribution is 2.34. The van der Waals surface area contributed by atoms with Crippen molar-refractivity contribution >= 4 is 27.4 Å². The standard InChI is InChI=1S/C13H14ClN3O3S/c1-7-12(13(15)16-20-7)21(18,19)17-11-5-2-8-6-9(14)3-4-10(8)11/h3-4,6,11,17H,2,5H2,1H3,(H2,15,16)/t11-/m0/s1. The molecule has 0 saturated carbocycles. The Morgan fingerprint density at radius 2 is 2.24 bits per heavy atom. The fraction of sp³-hybridized carbons (Fsp3) is 0.308. The molecule has 0 amide bonds. The van der Waals surface area contributed by atoms with Crippen LogP contribution in [-0.4, -0.2) is 13.6 Å². The third kappa shape index (κ3) is 2.52. The van der Waals surface area contributed by atoms with Crippen LogP contribution in [0.5, 0.6) is 0 Å². The molecule has 1 aromatic heterocycles. The molecule has 0 radical (unpaired) electrons. The van der Waals surface area contributed by atoms with Crippen molar-refractivity contribution in [2.24, 2.45) is 0 Å². The van der Waals surface area contributed by atoms with E-state index < -0.39 is 10.0 Å². The first-order chi connectivity index (χ1) is 9.88. The van der Waals surface area contributed by atoms with E-state index in [4.69, 9.17) is 21.9 Å². The summed E-state index contributed by atoms with van der Waals surface area (Å²) >= 11 is 5.95. The van der Waals surface area contributed by atoms with Gasteiger partial charge in [0.1, 0.15) is 0 Å². The van der Waals surface area contributed by atoms with E-state index in [1.54, 1.807) is 6.07 Å². The lowest BCUT2D eigenvalue weighted by Crippen LogP contribution is -2.28. The van der Waals surface area contributed by atoms with E-state index in [1.165, 1.54) is 6.92 Å². The second kappa shape index (κ2) is 5.01. The Labute approximate surface area is 127 Å². The van der Waals surface area contributed by atoms with E-state index in [0.29, 0.717) is 11.4 Å². The van der Waals surface area contributed by atoms with E-state index in [9.17, 15) is 8.42 Å². The topological polar surface area (TPSA) is 98.2 Å². The maximum absolute atomic E-state index is 12.5. The summed E-state index contributed by atoms with van der Waals surface area (Å²) in [6.07, 6.45) is 1.46. The lowest BCUT2D eigenvalue weighted by Gasteiger charge is -2.14. The lowest BCUT2D eigenvalue weighted by atomic mass is 10.1. The van der Waals surface area contributed by atoms with Crippen molar-refractivity contribution in [2.45, 2.75) is 30.7 Å². The predicted molar refractivity (Wildman–Crippen MR) is 78.5 cm³/mol. The zero-order valence-electron chi connectivity index (χ0n) is 11.3. The van der Waals surface area contributed by atoms with Crippen LogP contribution >= 0.6 is 11.6 Å². The van der Waals surface area contributed by atoms with Crippen molar-refractivity contribution in [2.75, 3.05) is 5.73 Å². The van der Waals surface area contributed by atoms with Gasteiger partial charge in [-0.3, -0.25) is 0 Å². The number of benzene rings is 1. The molecule has 112 valence electrons. The lowest BCUT2D eigenvalue weighted by molar-refractivity contribution is 0.396. The number of halogens is 1. The highest BCUT2D eigenvalue weighted by Gasteiger charge is 2.31. The average Bonchev–Trinajstić information content (AvgIpc) is 2.93. The molecule has 1 aromatic carbocycles. The first kappa shape index (κ1) is 14.4. The summed E-state index contributed by atoms with van der Waals surface area (Å²) in [6.45, 7) is 1.51. The number of fused-ring (bicyclic) bond motifs is 1. The number of sulfonamides is 1. The Hall–Kier alpha value is -1.57.